The lowest BCUT2D eigenvalue weighted by atomic mass is 10.2. The third kappa shape index (κ3) is 8.62. The van der Waals surface area contributed by atoms with E-state index in [1.165, 1.54) is 26.5 Å². The molecule has 3 aromatic rings. The number of sulfonamides is 1. The lowest BCUT2D eigenvalue weighted by Gasteiger charge is -2.23. The molecule has 0 aliphatic carbocycles. The largest absolute Gasteiger partial charge is 0.497 e. The number of hydrazone groups is 1. The minimum Gasteiger partial charge on any atom is -0.497 e. The number of rotatable bonds is 12. The molecule has 0 saturated heterocycles. The van der Waals surface area contributed by atoms with Gasteiger partial charge < -0.3 is 19.5 Å². The van der Waals surface area contributed by atoms with Crippen molar-refractivity contribution < 1.29 is 32.2 Å². The van der Waals surface area contributed by atoms with Crippen LogP contribution >= 0.6 is 11.6 Å². The summed E-state index contributed by atoms with van der Waals surface area (Å²) in [6.45, 7) is -0.758. The highest BCUT2D eigenvalue weighted by molar-refractivity contribution is 7.92. The lowest BCUT2D eigenvalue weighted by molar-refractivity contribution is -0.119. The van der Waals surface area contributed by atoms with Crippen molar-refractivity contribution in [3.8, 4) is 17.2 Å². The summed E-state index contributed by atoms with van der Waals surface area (Å²) < 4.78 is 41.7. The van der Waals surface area contributed by atoms with Crippen LogP contribution in [0.2, 0.25) is 5.02 Å². The molecule has 11 nitrogen and oxygen atoms in total. The van der Waals surface area contributed by atoms with Crippen molar-refractivity contribution in [2.45, 2.75) is 0 Å². The molecule has 0 fully saturated rings. The Labute approximate surface area is 231 Å². The number of anilines is 2. The fourth-order valence-corrected chi connectivity index (χ4v) is 4.30. The molecule has 0 aromatic heterocycles. The monoisotopic (exact) mass is 574 g/mol. The van der Waals surface area contributed by atoms with E-state index in [1.807, 2.05) is 0 Å². The predicted octanol–water partition coefficient (Wildman–Crippen LogP) is 3.29. The molecule has 0 aliphatic rings. The molecule has 0 unspecified atom stereocenters. The summed E-state index contributed by atoms with van der Waals surface area (Å²) in [7, 11) is -1.02. The Kier molecular flexibility index (Phi) is 10.1. The number of benzene rings is 3. The van der Waals surface area contributed by atoms with Gasteiger partial charge in [-0.15, -0.1) is 0 Å². The molecule has 3 rings (SSSR count). The van der Waals surface area contributed by atoms with Gasteiger partial charge in [0.15, 0.2) is 6.61 Å². The van der Waals surface area contributed by atoms with Crippen molar-refractivity contribution in [3.05, 3.63) is 77.3 Å². The first-order valence-electron chi connectivity index (χ1n) is 11.4. The second-order valence-corrected chi connectivity index (χ2v) is 10.3. The summed E-state index contributed by atoms with van der Waals surface area (Å²) in [5.74, 6) is 0.0476. The maximum atomic E-state index is 12.5. The summed E-state index contributed by atoms with van der Waals surface area (Å²) in [4.78, 5) is 24.6. The third-order valence-electron chi connectivity index (χ3n) is 5.14. The number of nitrogens with one attached hydrogen (secondary N) is 2. The van der Waals surface area contributed by atoms with Crippen LogP contribution in [-0.4, -0.2) is 60.1 Å². The van der Waals surface area contributed by atoms with Crippen LogP contribution in [0.15, 0.2) is 71.8 Å². The molecule has 0 atom stereocenters. The Morgan fingerprint density at radius 3 is 2.31 bits per heavy atom. The van der Waals surface area contributed by atoms with Gasteiger partial charge in [0, 0.05) is 6.07 Å². The number of nitrogens with zero attached hydrogens (tertiary/aromatic N) is 2. The van der Waals surface area contributed by atoms with Gasteiger partial charge >= 0.3 is 0 Å². The first kappa shape index (κ1) is 29.3. The number of hydrogen-bond acceptors (Lipinski definition) is 8. The van der Waals surface area contributed by atoms with E-state index in [0.29, 0.717) is 27.8 Å². The molecule has 39 heavy (non-hydrogen) atoms. The normalized spacial score (nSPS) is 11.1. The van der Waals surface area contributed by atoms with Crippen LogP contribution in [0.25, 0.3) is 0 Å². The molecule has 0 heterocycles. The summed E-state index contributed by atoms with van der Waals surface area (Å²) in [6, 6.07) is 18.1. The van der Waals surface area contributed by atoms with Gasteiger partial charge in [0.05, 0.1) is 43.1 Å². The van der Waals surface area contributed by atoms with E-state index < -0.39 is 22.5 Å². The van der Waals surface area contributed by atoms with Crippen LogP contribution < -0.4 is 29.3 Å². The highest BCUT2D eigenvalue weighted by Crippen LogP contribution is 2.33. The first-order chi connectivity index (χ1) is 18.6. The Balaban J connectivity index is 1.56. The van der Waals surface area contributed by atoms with Crippen LogP contribution in [-0.2, 0) is 19.6 Å². The second-order valence-electron chi connectivity index (χ2n) is 7.99. The summed E-state index contributed by atoms with van der Waals surface area (Å²) in [5, 5.41) is 6.97. The number of carbonyl (C=O) groups is 2. The highest BCUT2D eigenvalue weighted by Gasteiger charge is 2.24. The van der Waals surface area contributed by atoms with Crippen LogP contribution in [0.1, 0.15) is 5.56 Å². The van der Waals surface area contributed by atoms with E-state index in [1.54, 1.807) is 60.7 Å². The van der Waals surface area contributed by atoms with Crippen LogP contribution in [0.3, 0.4) is 0 Å². The van der Waals surface area contributed by atoms with E-state index in [0.717, 1.165) is 10.6 Å². The van der Waals surface area contributed by atoms with Gasteiger partial charge in [0.25, 0.3) is 11.8 Å². The van der Waals surface area contributed by atoms with Crippen molar-refractivity contribution in [1.82, 2.24) is 5.43 Å². The van der Waals surface area contributed by atoms with Gasteiger partial charge in [-0.3, -0.25) is 13.9 Å². The SMILES string of the molecule is COc1ccc(OC)c(N(CC(=O)N/N=C\c2ccc(OCC(=O)Nc3ccccc3Cl)cc2)S(C)(=O)=O)c1. The summed E-state index contributed by atoms with van der Waals surface area (Å²) >= 11 is 6.03. The maximum absolute atomic E-state index is 12.5. The molecule has 0 bridgehead atoms. The van der Waals surface area contributed by atoms with E-state index in [-0.39, 0.29) is 24.0 Å². The van der Waals surface area contributed by atoms with E-state index in [4.69, 9.17) is 25.8 Å². The Morgan fingerprint density at radius 2 is 1.67 bits per heavy atom. The molecule has 0 saturated carbocycles. The highest BCUT2D eigenvalue weighted by atomic mass is 35.5. The standard InChI is InChI=1S/C26H27ClN4O7S/c1-36-20-12-13-24(37-2)23(14-20)31(39(3,34)35)16-25(32)30-28-15-18-8-10-19(11-9-18)38-17-26(33)29-22-7-5-4-6-21(22)27/h4-15H,16-17H2,1-3H3,(H,29,33)(H,30,32)/b28-15-. The number of carbonyl (C=O) groups excluding carboxylic acids is 2. The summed E-state index contributed by atoms with van der Waals surface area (Å²) in [6.07, 6.45) is 2.36. The molecule has 0 spiro atoms. The van der Waals surface area contributed by atoms with Crippen molar-refractivity contribution >= 4 is 51.0 Å². The van der Waals surface area contributed by atoms with Crippen LogP contribution in [0.4, 0.5) is 11.4 Å². The Bertz CT molecular complexity index is 1450. The lowest BCUT2D eigenvalue weighted by Crippen LogP contribution is -2.39. The molecule has 2 N–H and O–H groups in total. The van der Waals surface area contributed by atoms with Gasteiger partial charge in [-0.1, -0.05) is 23.7 Å². The number of ether oxygens (including phenoxy) is 3. The smallest absolute Gasteiger partial charge is 0.262 e. The van der Waals surface area contributed by atoms with Crippen molar-refractivity contribution in [1.29, 1.82) is 0 Å². The van der Waals surface area contributed by atoms with Gasteiger partial charge in [0.1, 0.15) is 23.8 Å². The van der Waals surface area contributed by atoms with Crippen molar-refractivity contribution in [2.75, 3.05) is 43.2 Å². The topological polar surface area (TPSA) is 136 Å². The number of halogens is 1. The number of methoxy groups -OCH3 is 2. The minimum absolute atomic E-state index is 0.148. The van der Waals surface area contributed by atoms with Crippen molar-refractivity contribution in [3.63, 3.8) is 0 Å². The molecule has 0 radical (unpaired) electrons. The van der Waals surface area contributed by atoms with Gasteiger partial charge in [-0.25, -0.2) is 13.8 Å². The number of para-hydroxylation sites is 1. The Morgan fingerprint density at radius 1 is 0.974 bits per heavy atom. The molecule has 0 aliphatic heterocycles. The van der Waals surface area contributed by atoms with E-state index in [9.17, 15) is 18.0 Å². The zero-order valence-electron chi connectivity index (χ0n) is 21.4. The Hall–Kier alpha value is -4.29. The molecular weight excluding hydrogens is 548 g/mol. The minimum atomic E-state index is -3.85. The van der Waals surface area contributed by atoms with Crippen molar-refractivity contribution in [2.24, 2.45) is 5.10 Å². The second kappa shape index (κ2) is 13.5. The molecule has 206 valence electrons. The van der Waals surface area contributed by atoms with Gasteiger partial charge in [-0.2, -0.15) is 5.10 Å². The van der Waals surface area contributed by atoms with E-state index >= 15 is 0 Å². The predicted molar refractivity (Wildman–Crippen MR) is 149 cm³/mol. The average Bonchev–Trinajstić information content (AvgIpc) is 2.91. The van der Waals surface area contributed by atoms with Gasteiger partial charge in [-0.05, 0) is 54.1 Å². The zero-order chi connectivity index (χ0) is 28.4. The quantitative estimate of drug-likeness (QED) is 0.250. The molecular formula is C26H27ClN4O7S. The average molecular weight is 575 g/mol. The van der Waals surface area contributed by atoms with Crippen LogP contribution in [0.5, 0.6) is 17.2 Å². The van der Waals surface area contributed by atoms with Crippen LogP contribution in [0, 0.1) is 0 Å². The van der Waals surface area contributed by atoms with Gasteiger partial charge in [0.2, 0.25) is 10.0 Å². The molecule has 3 aromatic carbocycles. The fourth-order valence-electron chi connectivity index (χ4n) is 3.27. The number of amides is 2. The fraction of sp³-hybridized carbons (Fsp3) is 0.192. The first-order valence-corrected chi connectivity index (χ1v) is 13.6. The number of hydrogen-bond donors (Lipinski definition) is 2. The maximum Gasteiger partial charge on any atom is 0.262 e. The third-order valence-corrected chi connectivity index (χ3v) is 6.60. The molecule has 13 heteroatoms. The van der Waals surface area contributed by atoms with E-state index in [2.05, 4.69) is 15.8 Å². The zero-order valence-corrected chi connectivity index (χ0v) is 23.0. The molecule has 2 amide bonds. The summed E-state index contributed by atoms with van der Waals surface area (Å²) in [5.41, 5.74) is 3.57.